The maximum atomic E-state index is 12.7. The smallest absolute Gasteiger partial charge is 0.475 e. The van der Waals surface area contributed by atoms with Crippen LogP contribution >= 0.6 is 0 Å². The number of aryl methyl sites for hydroxylation is 1. The normalized spacial score (nSPS) is 11.7. The first-order chi connectivity index (χ1) is 14.3. The van der Waals surface area contributed by atoms with Crippen molar-refractivity contribution in [1.29, 1.82) is 0 Å². The number of nitrogens with one attached hydrogen (secondary N) is 1. The van der Waals surface area contributed by atoms with Crippen molar-refractivity contribution >= 4 is 19.0 Å². The van der Waals surface area contributed by atoms with Crippen LogP contribution in [0.1, 0.15) is 26.4 Å². The van der Waals surface area contributed by atoms with E-state index in [4.69, 9.17) is 5.11 Å². The minimum Gasteiger partial charge on any atom is -0.507 e. The summed E-state index contributed by atoms with van der Waals surface area (Å²) < 4.78 is 1.38. The van der Waals surface area contributed by atoms with E-state index in [1.54, 1.807) is 13.1 Å². The third-order valence-corrected chi connectivity index (χ3v) is 4.65. The van der Waals surface area contributed by atoms with Gasteiger partial charge < -0.3 is 25.6 Å². The first kappa shape index (κ1) is 21.1. The molecule has 0 fully saturated rings. The zero-order valence-corrected chi connectivity index (χ0v) is 16.1. The maximum Gasteiger partial charge on any atom is 0.475 e. The highest BCUT2D eigenvalue weighted by molar-refractivity contribution is 6.43. The summed E-state index contributed by atoms with van der Waals surface area (Å²) in [7, 11) is -0.350. The van der Waals surface area contributed by atoms with E-state index in [0.717, 1.165) is 5.56 Å². The highest BCUT2D eigenvalue weighted by Crippen LogP contribution is 2.24. The largest absolute Gasteiger partial charge is 0.507 e. The molecule has 30 heavy (non-hydrogen) atoms. The summed E-state index contributed by atoms with van der Waals surface area (Å²) in [5.74, 6) is -3.60. The second-order valence-corrected chi connectivity index (χ2v) is 6.72. The van der Waals surface area contributed by atoms with Gasteiger partial charge in [0.15, 0.2) is 0 Å². The van der Waals surface area contributed by atoms with Gasteiger partial charge in [0.2, 0.25) is 0 Å². The first-order valence-electron chi connectivity index (χ1n) is 9.08. The van der Waals surface area contributed by atoms with Crippen LogP contribution in [0.15, 0.2) is 54.6 Å². The average Bonchev–Trinajstić information content (AvgIpc) is 3.11. The number of hydrogen-bond acceptors (Lipinski definition) is 6. The maximum absolute atomic E-state index is 12.7. The van der Waals surface area contributed by atoms with Gasteiger partial charge in [-0.1, -0.05) is 42.5 Å². The predicted octanol–water partition coefficient (Wildman–Crippen LogP) is 0.844. The van der Waals surface area contributed by atoms with E-state index in [1.807, 2.05) is 30.3 Å². The van der Waals surface area contributed by atoms with E-state index in [-0.39, 0.29) is 23.2 Å². The summed E-state index contributed by atoms with van der Waals surface area (Å²) in [6, 6.07) is 14.9. The van der Waals surface area contributed by atoms with Gasteiger partial charge in [0.25, 0.3) is 5.91 Å². The standard InChI is InChI=1S/C20H20BN3O6/c1-24-16(11-15(23-24)12-6-3-2-4-7-12)19(26)22-17(21(29)30)10-13-8-5-9-14(18(13)25)20(27)28/h2-9,11,17,25,29-30H,10H2,1H3,(H,22,26)(H,27,28)/t17-/m0/s1. The van der Waals surface area contributed by atoms with Gasteiger partial charge in [-0.25, -0.2) is 4.79 Å². The zero-order chi connectivity index (χ0) is 21.8. The molecule has 1 amide bonds. The Bertz CT molecular complexity index is 1070. The minimum absolute atomic E-state index is 0.156. The SMILES string of the molecule is Cn1nc(-c2ccccc2)cc1C(=O)N[C@@H](Cc1cccc(C(=O)O)c1O)B(O)O. The van der Waals surface area contributed by atoms with Gasteiger partial charge >= 0.3 is 13.1 Å². The molecule has 0 aliphatic heterocycles. The number of para-hydroxylation sites is 1. The van der Waals surface area contributed by atoms with Gasteiger partial charge in [-0.15, -0.1) is 0 Å². The van der Waals surface area contributed by atoms with E-state index in [9.17, 15) is 24.7 Å². The number of amides is 1. The molecule has 10 heteroatoms. The minimum atomic E-state index is -1.94. The van der Waals surface area contributed by atoms with Crippen molar-refractivity contribution in [2.45, 2.75) is 12.4 Å². The second kappa shape index (κ2) is 8.81. The van der Waals surface area contributed by atoms with Gasteiger partial charge in [-0.05, 0) is 24.1 Å². The summed E-state index contributed by atoms with van der Waals surface area (Å²) in [6.45, 7) is 0. The first-order valence-corrected chi connectivity index (χ1v) is 9.08. The summed E-state index contributed by atoms with van der Waals surface area (Å²) >= 11 is 0. The lowest BCUT2D eigenvalue weighted by atomic mass is 9.75. The zero-order valence-electron chi connectivity index (χ0n) is 16.1. The number of carbonyl (C=O) groups is 2. The molecule has 0 saturated carbocycles. The molecule has 0 aliphatic rings. The Balaban J connectivity index is 1.81. The molecule has 9 nitrogen and oxygen atoms in total. The predicted molar refractivity (Wildman–Crippen MR) is 109 cm³/mol. The Kier molecular flexibility index (Phi) is 6.19. The fourth-order valence-corrected chi connectivity index (χ4v) is 3.07. The van der Waals surface area contributed by atoms with Crippen LogP contribution in [0.3, 0.4) is 0 Å². The summed E-state index contributed by atoms with van der Waals surface area (Å²) in [6.07, 6.45) is -0.195. The van der Waals surface area contributed by atoms with Crippen LogP contribution in [0.2, 0.25) is 0 Å². The highest BCUT2D eigenvalue weighted by Gasteiger charge is 2.29. The number of aromatic carboxylic acids is 1. The quantitative estimate of drug-likeness (QED) is 0.364. The molecule has 0 spiro atoms. The number of rotatable bonds is 7. The Morgan fingerprint density at radius 2 is 1.83 bits per heavy atom. The number of carbonyl (C=O) groups excluding carboxylic acids is 1. The Labute approximate surface area is 172 Å². The fourth-order valence-electron chi connectivity index (χ4n) is 3.07. The molecular formula is C20H20BN3O6. The van der Waals surface area contributed by atoms with Crippen molar-refractivity contribution in [3.05, 3.63) is 71.4 Å². The molecule has 0 saturated heterocycles. The molecule has 1 aromatic heterocycles. The monoisotopic (exact) mass is 409 g/mol. The lowest BCUT2D eigenvalue weighted by Gasteiger charge is -2.19. The molecule has 3 aromatic rings. The van der Waals surface area contributed by atoms with Crippen LogP contribution in [0, 0.1) is 0 Å². The molecule has 5 N–H and O–H groups in total. The molecule has 0 unspecified atom stereocenters. The summed E-state index contributed by atoms with van der Waals surface area (Å²) in [4.78, 5) is 23.9. The molecule has 0 radical (unpaired) electrons. The van der Waals surface area contributed by atoms with Gasteiger partial charge in [-0.3, -0.25) is 9.48 Å². The third kappa shape index (κ3) is 4.50. The number of carboxylic acids is 1. The number of benzene rings is 2. The number of phenols is 1. The average molecular weight is 409 g/mol. The Hall–Kier alpha value is -3.63. The van der Waals surface area contributed by atoms with E-state index in [2.05, 4.69) is 10.4 Å². The van der Waals surface area contributed by atoms with Crippen LogP contribution in [0.5, 0.6) is 5.75 Å². The van der Waals surface area contributed by atoms with Crippen LogP contribution in [-0.4, -0.2) is 55.0 Å². The van der Waals surface area contributed by atoms with E-state index >= 15 is 0 Å². The molecule has 154 valence electrons. The van der Waals surface area contributed by atoms with Crippen LogP contribution in [0.25, 0.3) is 11.3 Å². The molecular weight excluding hydrogens is 389 g/mol. The fraction of sp³-hybridized carbons (Fsp3) is 0.150. The van der Waals surface area contributed by atoms with Crippen LogP contribution < -0.4 is 5.32 Å². The number of nitrogens with zero attached hydrogens (tertiary/aromatic N) is 2. The molecule has 1 atom stereocenters. The van der Waals surface area contributed by atoms with Crippen molar-refractivity contribution in [3.8, 4) is 17.0 Å². The van der Waals surface area contributed by atoms with Gasteiger partial charge in [-0.2, -0.15) is 5.10 Å². The number of aromatic hydroxyl groups is 1. The van der Waals surface area contributed by atoms with Crippen LogP contribution in [0.4, 0.5) is 0 Å². The topological polar surface area (TPSA) is 145 Å². The van der Waals surface area contributed by atoms with Gasteiger partial charge in [0.1, 0.15) is 17.0 Å². The van der Waals surface area contributed by atoms with Gasteiger partial charge in [0.05, 0.1) is 11.6 Å². The van der Waals surface area contributed by atoms with E-state index < -0.39 is 30.7 Å². The number of aromatic nitrogens is 2. The van der Waals surface area contributed by atoms with Crippen molar-refractivity contribution in [1.82, 2.24) is 15.1 Å². The Morgan fingerprint density at radius 3 is 2.47 bits per heavy atom. The number of hydrogen-bond donors (Lipinski definition) is 5. The number of carboxylic acid groups (broad SMARTS) is 1. The summed E-state index contributed by atoms with van der Waals surface area (Å²) in [5.41, 5.74) is 1.44. The van der Waals surface area contributed by atoms with Crippen molar-refractivity contribution < 1.29 is 29.9 Å². The van der Waals surface area contributed by atoms with Crippen molar-refractivity contribution in [3.63, 3.8) is 0 Å². The van der Waals surface area contributed by atoms with E-state index in [0.29, 0.717) is 5.69 Å². The van der Waals surface area contributed by atoms with Crippen molar-refractivity contribution in [2.75, 3.05) is 0 Å². The molecule has 0 aliphatic carbocycles. The van der Waals surface area contributed by atoms with Crippen molar-refractivity contribution in [2.24, 2.45) is 7.05 Å². The Morgan fingerprint density at radius 1 is 1.13 bits per heavy atom. The molecule has 2 aromatic carbocycles. The lowest BCUT2D eigenvalue weighted by molar-refractivity contribution is 0.0693. The molecule has 1 heterocycles. The third-order valence-electron chi connectivity index (χ3n) is 4.65. The molecule has 3 rings (SSSR count). The van der Waals surface area contributed by atoms with Crippen LogP contribution in [-0.2, 0) is 13.5 Å². The van der Waals surface area contributed by atoms with Gasteiger partial charge in [0, 0.05) is 12.6 Å². The second-order valence-electron chi connectivity index (χ2n) is 6.72. The summed E-state index contributed by atoms with van der Waals surface area (Å²) in [5, 5.41) is 45.5. The van der Waals surface area contributed by atoms with E-state index in [1.165, 1.54) is 22.9 Å². The lowest BCUT2D eigenvalue weighted by Crippen LogP contribution is -2.48. The highest BCUT2D eigenvalue weighted by atomic mass is 16.4. The molecule has 0 bridgehead atoms.